The second-order valence-corrected chi connectivity index (χ2v) is 8.90. The third-order valence-corrected chi connectivity index (χ3v) is 6.15. The van der Waals surface area contributed by atoms with Crippen molar-refractivity contribution in [3.8, 4) is 5.75 Å². The van der Waals surface area contributed by atoms with Crippen molar-refractivity contribution in [2.75, 3.05) is 18.2 Å². The van der Waals surface area contributed by atoms with Crippen LogP contribution in [0, 0.1) is 6.92 Å². The monoisotopic (exact) mass is 484 g/mol. The maximum Gasteiger partial charge on any atom is 0.333 e. The smallest absolute Gasteiger partial charge is 0.333 e. The molecule has 0 aromatic heterocycles. The van der Waals surface area contributed by atoms with Crippen LogP contribution in [0.5, 0.6) is 5.75 Å². The van der Waals surface area contributed by atoms with E-state index in [-0.39, 0.29) is 19.3 Å². The van der Waals surface area contributed by atoms with E-state index >= 15 is 0 Å². The van der Waals surface area contributed by atoms with Crippen LogP contribution in [0.15, 0.2) is 96.1 Å². The zero-order valence-corrected chi connectivity index (χ0v) is 20.8. The number of carbonyl (C=O) groups is 1. The van der Waals surface area contributed by atoms with E-state index in [1.54, 1.807) is 0 Å². The summed E-state index contributed by atoms with van der Waals surface area (Å²) in [6, 6.07) is 26.5. The minimum atomic E-state index is -0.924. The molecular formula is C30H32N2O4. The Morgan fingerprint density at radius 1 is 1.06 bits per heavy atom. The van der Waals surface area contributed by atoms with E-state index in [4.69, 9.17) is 14.6 Å². The third-order valence-electron chi connectivity index (χ3n) is 6.15. The predicted octanol–water partition coefficient (Wildman–Crippen LogP) is 5.60. The average molecular weight is 485 g/mol. The minimum absolute atomic E-state index is 0.0193. The molecule has 1 heterocycles. The molecule has 1 aliphatic heterocycles. The molecule has 2 unspecified atom stereocenters. The molecule has 0 aliphatic carbocycles. The Kier molecular flexibility index (Phi) is 8.18. The Balaban J connectivity index is 1.42. The van der Waals surface area contributed by atoms with Gasteiger partial charge in [-0.25, -0.2) is 4.79 Å². The first-order chi connectivity index (χ1) is 17.4. The van der Waals surface area contributed by atoms with Crippen LogP contribution in [0.1, 0.15) is 42.5 Å². The predicted molar refractivity (Wildman–Crippen MR) is 142 cm³/mol. The molecule has 0 spiro atoms. The molecule has 0 saturated carbocycles. The summed E-state index contributed by atoms with van der Waals surface area (Å²) in [7, 11) is 0. The number of para-hydroxylation sites is 1. The number of nitrogens with zero attached hydrogens (tertiary/aromatic N) is 2. The summed E-state index contributed by atoms with van der Waals surface area (Å²) in [6.45, 7) is 7.43. The Labute approximate surface area is 212 Å². The summed E-state index contributed by atoms with van der Waals surface area (Å²) in [5, 5.41) is 17.2. The molecule has 4 rings (SSSR count). The number of rotatable bonds is 10. The Hall–Kier alpha value is -3.90. The number of hydrogen-bond donors (Lipinski definition) is 1. The Morgan fingerprint density at radius 3 is 2.42 bits per heavy atom. The number of carbonyl (C=O) groups excluding carboxylic acids is 1. The van der Waals surface area contributed by atoms with Gasteiger partial charge in [0.25, 0.3) is 0 Å². The molecule has 186 valence electrons. The van der Waals surface area contributed by atoms with Gasteiger partial charge in [0.1, 0.15) is 25.1 Å². The minimum Gasteiger partial charge on any atom is -0.491 e. The topological polar surface area (TPSA) is 71.4 Å². The molecule has 1 aliphatic rings. The van der Waals surface area contributed by atoms with Crippen LogP contribution >= 0.6 is 0 Å². The van der Waals surface area contributed by atoms with Crippen molar-refractivity contribution in [2.24, 2.45) is 5.10 Å². The molecular weight excluding hydrogens is 452 g/mol. The highest BCUT2D eigenvalue weighted by Crippen LogP contribution is 2.37. The summed E-state index contributed by atoms with van der Waals surface area (Å²) in [4.78, 5) is 11.7. The summed E-state index contributed by atoms with van der Waals surface area (Å²) in [5.74, 6) is 0.138. The fraction of sp³-hybridized carbons (Fsp3) is 0.267. The Morgan fingerprint density at radius 2 is 1.75 bits per heavy atom. The first-order valence-corrected chi connectivity index (χ1v) is 12.2. The molecule has 6 nitrogen and oxygen atoms in total. The number of aliphatic hydroxyl groups excluding tert-OH is 1. The van der Waals surface area contributed by atoms with Gasteiger partial charge >= 0.3 is 5.97 Å². The second kappa shape index (κ2) is 11.7. The van der Waals surface area contributed by atoms with E-state index in [1.807, 2.05) is 49.4 Å². The molecule has 0 saturated heterocycles. The van der Waals surface area contributed by atoms with Crippen LogP contribution < -0.4 is 9.75 Å². The lowest BCUT2D eigenvalue weighted by molar-refractivity contribution is -0.142. The molecule has 6 heteroatoms. The maximum atomic E-state index is 11.7. The van der Waals surface area contributed by atoms with E-state index < -0.39 is 12.1 Å². The largest absolute Gasteiger partial charge is 0.491 e. The first-order valence-electron chi connectivity index (χ1n) is 12.2. The molecule has 36 heavy (non-hydrogen) atoms. The van der Waals surface area contributed by atoms with Crippen LogP contribution in [0.2, 0.25) is 0 Å². The van der Waals surface area contributed by atoms with Crippen molar-refractivity contribution in [3.05, 3.63) is 108 Å². The maximum absolute atomic E-state index is 11.7. The van der Waals surface area contributed by atoms with Crippen LogP contribution in [0.3, 0.4) is 0 Å². The van der Waals surface area contributed by atoms with E-state index in [9.17, 15) is 9.90 Å². The van der Waals surface area contributed by atoms with Gasteiger partial charge in [-0.3, -0.25) is 5.01 Å². The molecule has 2 atom stereocenters. The van der Waals surface area contributed by atoms with Gasteiger partial charge in [0.05, 0.1) is 17.4 Å². The van der Waals surface area contributed by atoms with E-state index in [0.29, 0.717) is 17.7 Å². The Bertz CT molecular complexity index is 1200. The number of ether oxygens (including phenoxy) is 2. The van der Waals surface area contributed by atoms with Crippen LogP contribution in [-0.2, 0) is 9.53 Å². The van der Waals surface area contributed by atoms with Gasteiger partial charge in [-0.05, 0) is 48.7 Å². The normalized spacial score (nSPS) is 15.8. The van der Waals surface area contributed by atoms with Crippen LogP contribution in [-0.4, -0.2) is 36.1 Å². The van der Waals surface area contributed by atoms with Gasteiger partial charge in [0.15, 0.2) is 0 Å². The molecule has 0 bridgehead atoms. The fourth-order valence-electron chi connectivity index (χ4n) is 3.95. The lowest BCUT2D eigenvalue weighted by Gasteiger charge is -2.24. The fourth-order valence-corrected chi connectivity index (χ4v) is 3.95. The van der Waals surface area contributed by atoms with Gasteiger partial charge in [-0.1, -0.05) is 73.7 Å². The summed E-state index contributed by atoms with van der Waals surface area (Å²) in [6.07, 6.45) is 0.371. The summed E-state index contributed by atoms with van der Waals surface area (Å²) >= 11 is 0. The number of esters is 1. The average Bonchev–Trinajstić information content (AvgIpc) is 3.36. The number of aryl methyl sites for hydroxylation is 1. The summed E-state index contributed by atoms with van der Waals surface area (Å²) in [5.41, 5.74) is 5.93. The highest BCUT2D eigenvalue weighted by molar-refractivity contribution is 6.03. The van der Waals surface area contributed by atoms with E-state index in [1.165, 1.54) is 5.56 Å². The highest BCUT2D eigenvalue weighted by Gasteiger charge is 2.29. The number of hydrogen-bond acceptors (Lipinski definition) is 6. The number of aliphatic hydroxyl groups is 1. The van der Waals surface area contributed by atoms with Gasteiger partial charge in [0.2, 0.25) is 0 Å². The zero-order chi connectivity index (χ0) is 25.5. The number of hydrazone groups is 1. The van der Waals surface area contributed by atoms with Crippen molar-refractivity contribution in [3.63, 3.8) is 0 Å². The van der Waals surface area contributed by atoms with Crippen molar-refractivity contribution < 1.29 is 19.4 Å². The first kappa shape index (κ1) is 25.2. The van der Waals surface area contributed by atoms with Crippen molar-refractivity contribution in [1.29, 1.82) is 0 Å². The number of anilines is 1. The van der Waals surface area contributed by atoms with Crippen molar-refractivity contribution in [2.45, 2.75) is 38.8 Å². The quantitative estimate of drug-likeness (QED) is 0.300. The van der Waals surface area contributed by atoms with E-state index in [2.05, 4.69) is 54.9 Å². The molecule has 0 fully saturated rings. The molecule has 1 N–H and O–H groups in total. The molecule has 0 amide bonds. The second-order valence-electron chi connectivity index (χ2n) is 8.90. The zero-order valence-electron chi connectivity index (χ0n) is 20.8. The van der Waals surface area contributed by atoms with Gasteiger partial charge in [-0.15, -0.1) is 0 Å². The molecule has 0 radical (unpaired) electrons. The SMILES string of the molecule is C=C(CC)C(=O)OCC(O)COc1ccc(C2CC(c3ccc(C)cc3)=NN2c2ccccc2)cc1. The van der Waals surface area contributed by atoms with Crippen molar-refractivity contribution >= 4 is 17.4 Å². The highest BCUT2D eigenvalue weighted by atomic mass is 16.5. The van der Waals surface area contributed by atoms with Gasteiger partial charge < -0.3 is 14.6 Å². The molecule has 3 aromatic carbocycles. The van der Waals surface area contributed by atoms with E-state index in [0.717, 1.165) is 28.9 Å². The third kappa shape index (κ3) is 6.20. The number of benzene rings is 3. The van der Waals surface area contributed by atoms with Gasteiger partial charge in [-0.2, -0.15) is 5.10 Å². The lowest BCUT2D eigenvalue weighted by atomic mass is 9.97. The lowest BCUT2D eigenvalue weighted by Crippen LogP contribution is -2.25. The van der Waals surface area contributed by atoms with Crippen molar-refractivity contribution in [1.82, 2.24) is 0 Å². The summed E-state index contributed by atoms with van der Waals surface area (Å²) < 4.78 is 10.8. The van der Waals surface area contributed by atoms with Crippen LogP contribution in [0.4, 0.5) is 5.69 Å². The standard InChI is InChI=1S/C30H32N2O4/c1-4-22(3)30(34)36-20-26(33)19-35-27-16-14-24(15-17-27)29-18-28(23-12-10-21(2)11-13-23)31-32(29)25-8-6-5-7-9-25/h5-17,26,29,33H,3-4,18-20H2,1-2H3. The van der Waals surface area contributed by atoms with Gasteiger partial charge in [0, 0.05) is 12.0 Å². The molecule has 3 aromatic rings. The van der Waals surface area contributed by atoms with Crippen LogP contribution in [0.25, 0.3) is 0 Å².